The number of benzene rings is 2. The molecule has 3 aromatic rings. The van der Waals surface area contributed by atoms with E-state index in [1.807, 2.05) is 35.3 Å². The Hall–Kier alpha value is -3.30. The number of carbonyl (C=O) groups is 1. The Morgan fingerprint density at radius 2 is 1.88 bits per heavy atom. The van der Waals surface area contributed by atoms with Gasteiger partial charge in [-0.15, -0.1) is 11.8 Å². The summed E-state index contributed by atoms with van der Waals surface area (Å²) < 4.78 is 22.3. The fraction of sp³-hybridized carbons (Fsp3) is 0.250. The molecule has 0 bridgehead atoms. The van der Waals surface area contributed by atoms with Gasteiger partial charge in [0, 0.05) is 35.0 Å². The monoisotopic (exact) mass is 465 g/mol. The van der Waals surface area contributed by atoms with Crippen molar-refractivity contribution < 1.29 is 19.0 Å². The molecule has 3 aliphatic heterocycles. The summed E-state index contributed by atoms with van der Waals surface area (Å²) in [5.41, 5.74) is 1.61. The van der Waals surface area contributed by atoms with Gasteiger partial charge in [-0.05, 0) is 23.3 Å². The normalized spacial score (nSPS) is 21.5. The van der Waals surface area contributed by atoms with Gasteiger partial charge in [0.2, 0.25) is 5.43 Å². The number of hydrogen-bond acceptors (Lipinski definition) is 6. The number of nitrogens with zero attached hydrogens (tertiary/aromatic N) is 3. The Morgan fingerprint density at radius 1 is 1.06 bits per heavy atom. The summed E-state index contributed by atoms with van der Waals surface area (Å²) in [6.45, 7) is 0.923. The van der Waals surface area contributed by atoms with E-state index in [0.29, 0.717) is 24.5 Å². The number of amides is 1. The van der Waals surface area contributed by atoms with Crippen LogP contribution in [0.15, 0.2) is 64.4 Å². The van der Waals surface area contributed by atoms with Crippen molar-refractivity contribution in [3.8, 4) is 5.75 Å². The third-order valence-corrected chi connectivity index (χ3v) is 7.59. The second-order valence-electron chi connectivity index (χ2n) is 8.19. The first-order chi connectivity index (χ1) is 16.1. The van der Waals surface area contributed by atoms with Gasteiger partial charge in [-0.25, -0.2) is 4.39 Å². The number of pyridine rings is 1. The van der Waals surface area contributed by atoms with Crippen molar-refractivity contribution >= 4 is 17.7 Å². The van der Waals surface area contributed by atoms with Crippen LogP contribution in [-0.2, 0) is 10.5 Å². The van der Waals surface area contributed by atoms with Gasteiger partial charge < -0.3 is 14.7 Å². The molecule has 9 heteroatoms. The van der Waals surface area contributed by atoms with Crippen LogP contribution >= 0.6 is 11.8 Å². The molecule has 2 atom stereocenters. The first-order valence-electron chi connectivity index (χ1n) is 10.7. The van der Waals surface area contributed by atoms with E-state index in [1.165, 1.54) is 18.3 Å². The number of thioether (sulfide) groups is 1. The Bertz CT molecular complexity index is 1340. The van der Waals surface area contributed by atoms with Gasteiger partial charge >= 0.3 is 0 Å². The number of ether oxygens (including phenoxy) is 1. The Kier molecular flexibility index (Phi) is 4.70. The highest BCUT2D eigenvalue weighted by Gasteiger charge is 2.45. The zero-order valence-corrected chi connectivity index (χ0v) is 18.3. The SMILES string of the molecule is O=C1c2c(O)c(=O)ccn2N(C2c3ccccc3SCc3c(F)cccc32)C2COCCN12. The van der Waals surface area contributed by atoms with Crippen molar-refractivity contribution in [2.45, 2.75) is 22.9 Å². The van der Waals surface area contributed by atoms with Crippen LogP contribution in [0.2, 0.25) is 0 Å². The molecule has 6 rings (SSSR count). The third-order valence-electron chi connectivity index (χ3n) is 6.47. The molecule has 1 aromatic heterocycles. The van der Waals surface area contributed by atoms with Gasteiger partial charge in [0.05, 0.1) is 19.3 Å². The molecule has 1 amide bonds. The number of halogens is 1. The standard InChI is InChI=1S/C24H20FN3O4S/c25-17-6-3-5-14-16(17)13-33-19-7-2-1-4-15(19)21(14)28-20-12-32-11-10-26(20)24(31)22-23(30)18(29)8-9-27(22)28/h1-9,20-21,30H,10-13H2. The number of aromatic hydroxyl groups is 1. The summed E-state index contributed by atoms with van der Waals surface area (Å²) in [5, 5.41) is 12.5. The summed E-state index contributed by atoms with van der Waals surface area (Å²) in [5.74, 6) is -0.834. The van der Waals surface area contributed by atoms with Crippen molar-refractivity contribution in [2.75, 3.05) is 24.8 Å². The Balaban J connectivity index is 1.67. The molecular formula is C24H20FN3O4S. The minimum Gasteiger partial charge on any atom is -0.502 e. The van der Waals surface area contributed by atoms with E-state index in [0.717, 1.165) is 16.0 Å². The smallest absolute Gasteiger partial charge is 0.278 e. The number of fused-ring (bicyclic) bond motifs is 4. The number of hydrogen-bond donors (Lipinski definition) is 1. The van der Waals surface area contributed by atoms with Crippen LogP contribution in [0.25, 0.3) is 0 Å². The van der Waals surface area contributed by atoms with E-state index >= 15 is 4.39 Å². The minimum atomic E-state index is -0.621. The highest BCUT2D eigenvalue weighted by molar-refractivity contribution is 7.98. The summed E-state index contributed by atoms with van der Waals surface area (Å²) >= 11 is 1.56. The zero-order valence-electron chi connectivity index (χ0n) is 17.5. The fourth-order valence-electron chi connectivity index (χ4n) is 4.96. The van der Waals surface area contributed by atoms with Crippen LogP contribution in [0.3, 0.4) is 0 Å². The van der Waals surface area contributed by atoms with Gasteiger partial charge in [-0.1, -0.05) is 30.3 Å². The van der Waals surface area contributed by atoms with Crippen LogP contribution < -0.4 is 10.4 Å². The van der Waals surface area contributed by atoms with E-state index in [1.54, 1.807) is 27.4 Å². The minimum absolute atomic E-state index is 0.0898. The van der Waals surface area contributed by atoms with Crippen LogP contribution in [0, 0.1) is 5.82 Å². The lowest BCUT2D eigenvalue weighted by atomic mass is 9.93. The second kappa shape index (κ2) is 7.64. The van der Waals surface area contributed by atoms with Gasteiger partial charge in [0.25, 0.3) is 5.91 Å². The fourth-order valence-corrected chi connectivity index (χ4v) is 6.08. The van der Waals surface area contributed by atoms with Crippen molar-refractivity contribution in [3.63, 3.8) is 0 Å². The molecule has 1 N–H and O–H groups in total. The maximum atomic E-state index is 15.0. The predicted octanol–water partition coefficient (Wildman–Crippen LogP) is 2.84. The highest BCUT2D eigenvalue weighted by atomic mass is 32.2. The average molecular weight is 466 g/mol. The van der Waals surface area contributed by atoms with Crippen molar-refractivity contribution in [2.24, 2.45) is 0 Å². The number of rotatable bonds is 1. The number of carbonyl (C=O) groups excluding carboxylic acids is 1. The lowest BCUT2D eigenvalue weighted by Gasteiger charge is -2.51. The maximum Gasteiger partial charge on any atom is 0.278 e. The molecule has 0 spiro atoms. The van der Waals surface area contributed by atoms with Crippen LogP contribution in [0.5, 0.6) is 5.75 Å². The first-order valence-corrected chi connectivity index (χ1v) is 11.7. The summed E-state index contributed by atoms with van der Waals surface area (Å²) in [4.78, 5) is 28.2. The molecular weight excluding hydrogens is 445 g/mol. The van der Waals surface area contributed by atoms with Crippen LogP contribution in [-0.4, -0.2) is 46.5 Å². The van der Waals surface area contributed by atoms with Gasteiger partial charge in [-0.3, -0.25) is 19.3 Å². The van der Waals surface area contributed by atoms with E-state index in [4.69, 9.17) is 4.74 Å². The molecule has 33 heavy (non-hydrogen) atoms. The molecule has 1 saturated heterocycles. The van der Waals surface area contributed by atoms with E-state index < -0.39 is 29.3 Å². The van der Waals surface area contributed by atoms with E-state index in [-0.39, 0.29) is 18.1 Å². The van der Waals surface area contributed by atoms with Crippen molar-refractivity contribution in [1.82, 2.24) is 9.58 Å². The van der Waals surface area contributed by atoms with Crippen molar-refractivity contribution in [1.29, 1.82) is 0 Å². The van der Waals surface area contributed by atoms with Gasteiger partial charge in [-0.2, -0.15) is 0 Å². The first kappa shape index (κ1) is 20.3. The Labute approximate surface area is 193 Å². The molecule has 2 aromatic carbocycles. The predicted molar refractivity (Wildman–Crippen MR) is 120 cm³/mol. The highest BCUT2D eigenvalue weighted by Crippen LogP contribution is 2.44. The molecule has 0 aliphatic carbocycles. The van der Waals surface area contributed by atoms with Crippen molar-refractivity contribution in [3.05, 3.63) is 93.2 Å². The third kappa shape index (κ3) is 2.99. The zero-order chi connectivity index (χ0) is 22.7. The van der Waals surface area contributed by atoms with E-state index in [9.17, 15) is 14.7 Å². The molecule has 3 aliphatic rings. The molecule has 0 saturated carbocycles. The van der Waals surface area contributed by atoms with E-state index in [2.05, 4.69) is 0 Å². The molecule has 2 unspecified atom stereocenters. The van der Waals surface area contributed by atoms with Gasteiger partial charge in [0.15, 0.2) is 11.4 Å². The summed E-state index contributed by atoms with van der Waals surface area (Å²) in [6.07, 6.45) is 0.999. The molecule has 7 nitrogen and oxygen atoms in total. The maximum absolute atomic E-state index is 15.0. The lowest BCUT2D eigenvalue weighted by Crippen LogP contribution is -2.66. The molecule has 4 heterocycles. The molecule has 1 fully saturated rings. The molecule has 0 radical (unpaired) electrons. The summed E-state index contributed by atoms with van der Waals surface area (Å²) in [6, 6.07) is 13.7. The Morgan fingerprint density at radius 3 is 2.76 bits per heavy atom. The topological polar surface area (TPSA) is 75.0 Å². The van der Waals surface area contributed by atoms with Gasteiger partial charge in [0.1, 0.15) is 12.0 Å². The quantitative estimate of drug-likeness (QED) is 0.596. The second-order valence-corrected chi connectivity index (χ2v) is 9.21. The lowest BCUT2D eigenvalue weighted by molar-refractivity contribution is -0.0197. The van der Waals surface area contributed by atoms with Crippen LogP contribution in [0.1, 0.15) is 33.2 Å². The number of aromatic nitrogens is 1. The largest absolute Gasteiger partial charge is 0.502 e. The number of morpholine rings is 1. The molecule has 168 valence electrons. The summed E-state index contributed by atoms with van der Waals surface area (Å²) in [7, 11) is 0. The van der Waals surface area contributed by atoms with Crippen LogP contribution in [0.4, 0.5) is 4.39 Å². The average Bonchev–Trinajstić information content (AvgIpc) is 3.00.